The first-order valence-corrected chi connectivity index (χ1v) is 14.3. The van der Waals surface area contributed by atoms with Crippen LogP contribution in [0.3, 0.4) is 0 Å². The van der Waals surface area contributed by atoms with Crippen molar-refractivity contribution < 1.29 is 9.90 Å². The van der Waals surface area contributed by atoms with Crippen LogP contribution in [0.2, 0.25) is 0 Å². The van der Waals surface area contributed by atoms with Gasteiger partial charge in [-0.1, -0.05) is 56.4 Å². The second-order valence-electron chi connectivity index (χ2n) is 10.4. The summed E-state index contributed by atoms with van der Waals surface area (Å²) in [6, 6.07) is 20.3. The summed E-state index contributed by atoms with van der Waals surface area (Å²) in [6.45, 7) is 4.33. The number of benzene rings is 2. The van der Waals surface area contributed by atoms with E-state index < -0.39 is 5.97 Å². The van der Waals surface area contributed by atoms with Gasteiger partial charge >= 0.3 is 5.97 Å². The number of carbonyl (C=O) groups is 1. The van der Waals surface area contributed by atoms with Gasteiger partial charge in [0.25, 0.3) is 0 Å². The summed E-state index contributed by atoms with van der Waals surface area (Å²) in [5.74, 6) is -0.628. The molecule has 0 amide bonds. The van der Waals surface area contributed by atoms with Gasteiger partial charge in [-0.25, -0.2) is 4.79 Å². The first-order chi connectivity index (χ1) is 18.0. The summed E-state index contributed by atoms with van der Waals surface area (Å²) >= 11 is 1.60. The van der Waals surface area contributed by atoms with Gasteiger partial charge in [0.15, 0.2) is 0 Å². The molecular formula is C32H34N2O2S. The maximum atomic E-state index is 11.5. The van der Waals surface area contributed by atoms with Gasteiger partial charge in [-0.2, -0.15) is 5.26 Å². The summed E-state index contributed by atoms with van der Waals surface area (Å²) in [7, 11) is 0. The van der Waals surface area contributed by atoms with Gasteiger partial charge in [0.05, 0.1) is 0 Å². The zero-order chi connectivity index (χ0) is 25.9. The van der Waals surface area contributed by atoms with Crippen LogP contribution in [0.15, 0.2) is 54.1 Å². The monoisotopic (exact) mass is 510 g/mol. The molecular weight excluding hydrogens is 476 g/mol. The lowest BCUT2D eigenvalue weighted by molar-refractivity contribution is -0.132. The summed E-state index contributed by atoms with van der Waals surface area (Å²) in [5.41, 5.74) is 7.41. The van der Waals surface area contributed by atoms with Crippen molar-refractivity contribution in [3.8, 4) is 16.5 Å². The molecule has 5 rings (SSSR count). The normalized spacial score (nSPS) is 18.5. The Balaban J connectivity index is 1.51. The zero-order valence-corrected chi connectivity index (χ0v) is 22.5. The number of nitriles is 1. The van der Waals surface area contributed by atoms with Gasteiger partial charge in [-0.15, -0.1) is 11.3 Å². The molecule has 1 aliphatic carbocycles. The average Bonchev–Trinajstić information content (AvgIpc) is 3.60. The molecule has 2 aromatic carbocycles. The number of anilines is 2. The number of carboxylic acid groups (broad SMARTS) is 1. The third kappa shape index (κ3) is 5.08. The lowest BCUT2D eigenvalue weighted by atomic mass is 9.95. The molecule has 37 heavy (non-hydrogen) atoms. The van der Waals surface area contributed by atoms with Gasteiger partial charge in [-0.05, 0) is 85.7 Å². The van der Waals surface area contributed by atoms with E-state index in [1.807, 2.05) is 6.07 Å². The Kier molecular flexibility index (Phi) is 7.48. The molecule has 1 saturated carbocycles. The van der Waals surface area contributed by atoms with Crippen molar-refractivity contribution in [2.75, 3.05) is 4.90 Å². The lowest BCUT2D eigenvalue weighted by Gasteiger charge is -2.27. The maximum absolute atomic E-state index is 11.5. The fourth-order valence-electron chi connectivity index (χ4n) is 5.97. The number of carboxylic acids is 1. The van der Waals surface area contributed by atoms with Crippen LogP contribution in [0, 0.1) is 18.3 Å². The number of hydrogen-bond donors (Lipinski definition) is 1. The quantitative estimate of drug-likeness (QED) is 0.178. The van der Waals surface area contributed by atoms with Gasteiger partial charge in [0.1, 0.15) is 11.6 Å². The maximum Gasteiger partial charge on any atom is 0.346 e. The smallest absolute Gasteiger partial charge is 0.346 e. The van der Waals surface area contributed by atoms with E-state index in [2.05, 4.69) is 67.3 Å². The van der Waals surface area contributed by atoms with Gasteiger partial charge in [0, 0.05) is 33.1 Å². The first kappa shape index (κ1) is 25.3. The highest BCUT2D eigenvalue weighted by molar-refractivity contribution is 7.16. The third-order valence-electron chi connectivity index (χ3n) is 7.86. The minimum Gasteiger partial charge on any atom is -0.477 e. The van der Waals surface area contributed by atoms with E-state index in [1.165, 1.54) is 60.2 Å². The van der Waals surface area contributed by atoms with E-state index in [9.17, 15) is 15.2 Å². The van der Waals surface area contributed by atoms with Crippen molar-refractivity contribution in [1.82, 2.24) is 0 Å². The molecule has 0 bridgehead atoms. The zero-order valence-electron chi connectivity index (χ0n) is 21.7. The van der Waals surface area contributed by atoms with Gasteiger partial charge < -0.3 is 10.0 Å². The summed E-state index contributed by atoms with van der Waals surface area (Å²) in [6.07, 6.45) is 10.7. The van der Waals surface area contributed by atoms with Gasteiger partial charge in [-0.3, -0.25) is 0 Å². The molecule has 1 aliphatic heterocycles. The predicted molar refractivity (Wildman–Crippen MR) is 153 cm³/mol. The van der Waals surface area contributed by atoms with E-state index in [0.29, 0.717) is 12.0 Å². The van der Waals surface area contributed by atoms with Crippen LogP contribution in [0.1, 0.15) is 79.4 Å². The van der Waals surface area contributed by atoms with E-state index in [-0.39, 0.29) is 5.57 Å². The van der Waals surface area contributed by atoms with Crippen molar-refractivity contribution in [3.63, 3.8) is 0 Å². The molecule has 0 spiro atoms. The molecule has 2 unspecified atom stereocenters. The molecule has 2 aliphatic rings. The molecule has 1 fully saturated rings. The highest BCUT2D eigenvalue weighted by Crippen LogP contribution is 2.53. The Bertz CT molecular complexity index is 1360. The molecule has 1 aromatic heterocycles. The third-order valence-corrected chi connectivity index (χ3v) is 9.04. The molecule has 4 nitrogen and oxygen atoms in total. The van der Waals surface area contributed by atoms with Crippen molar-refractivity contribution in [2.24, 2.45) is 0 Å². The van der Waals surface area contributed by atoms with Crippen LogP contribution >= 0.6 is 11.3 Å². The number of thiophene rings is 1. The molecule has 190 valence electrons. The molecule has 2 atom stereocenters. The highest BCUT2D eigenvalue weighted by Gasteiger charge is 2.42. The molecule has 1 N–H and O–H groups in total. The number of rotatable bonds is 9. The van der Waals surface area contributed by atoms with Crippen LogP contribution in [0.5, 0.6) is 0 Å². The van der Waals surface area contributed by atoms with Gasteiger partial charge in [0.2, 0.25) is 0 Å². The lowest BCUT2D eigenvalue weighted by Crippen LogP contribution is -2.26. The van der Waals surface area contributed by atoms with Crippen molar-refractivity contribution in [2.45, 2.75) is 77.2 Å². The number of unbranched alkanes of at least 4 members (excludes halogenated alkanes) is 3. The summed E-state index contributed by atoms with van der Waals surface area (Å²) in [4.78, 5) is 16.1. The van der Waals surface area contributed by atoms with Crippen LogP contribution < -0.4 is 4.90 Å². The summed E-state index contributed by atoms with van der Waals surface area (Å²) < 4.78 is 0. The Hall–Kier alpha value is -3.36. The van der Waals surface area contributed by atoms with E-state index in [1.54, 1.807) is 17.4 Å². The number of hydrogen-bond acceptors (Lipinski definition) is 4. The van der Waals surface area contributed by atoms with Crippen LogP contribution in [-0.2, 0) is 11.2 Å². The topological polar surface area (TPSA) is 64.3 Å². The van der Waals surface area contributed by atoms with Crippen molar-refractivity contribution in [1.29, 1.82) is 5.26 Å². The van der Waals surface area contributed by atoms with Crippen LogP contribution in [-0.4, -0.2) is 17.1 Å². The molecule has 0 radical (unpaired) electrons. The highest BCUT2D eigenvalue weighted by atomic mass is 32.1. The standard InChI is InChI=1S/C32H34N2O2S/c1-3-4-5-6-8-22-18-30(37-31(22)19-24(20-33)32(35)36)23-13-16-29-27(17-23)26-9-7-10-28(26)34(29)25-14-11-21(2)12-15-25/h11-19,26,28H,3-10H2,1-2H3,(H,35,36)/b24-19-. The number of aryl methyl sites for hydroxylation is 2. The Morgan fingerprint density at radius 3 is 2.68 bits per heavy atom. The Morgan fingerprint density at radius 2 is 1.95 bits per heavy atom. The molecule has 5 heteroatoms. The molecule has 0 saturated heterocycles. The second-order valence-corrected chi connectivity index (χ2v) is 11.5. The van der Waals surface area contributed by atoms with E-state index >= 15 is 0 Å². The van der Waals surface area contributed by atoms with Crippen LogP contribution in [0.25, 0.3) is 16.5 Å². The minimum atomic E-state index is -1.17. The summed E-state index contributed by atoms with van der Waals surface area (Å²) in [5, 5.41) is 18.8. The predicted octanol–water partition coefficient (Wildman–Crippen LogP) is 8.63. The number of aliphatic carboxylic acids is 1. The largest absolute Gasteiger partial charge is 0.477 e. The molecule has 3 aromatic rings. The minimum absolute atomic E-state index is 0.209. The Morgan fingerprint density at radius 1 is 1.14 bits per heavy atom. The Labute approximate surface area is 223 Å². The fourth-order valence-corrected chi connectivity index (χ4v) is 7.12. The second kappa shape index (κ2) is 10.9. The number of nitrogens with zero attached hydrogens (tertiary/aromatic N) is 2. The van der Waals surface area contributed by atoms with Crippen molar-refractivity contribution in [3.05, 3.63) is 75.7 Å². The molecule has 2 heterocycles. The number of fused-ring (bicyclic) bond motifs is 3. The SMILES string of the molecule is CCCCCCc1cc(-c2ccc3c(c2)C2CCCC2N3c2ccc(C)cc2)sc1/C=C(/C#N)C(=O)O. The van der Waals surface area contributed by atoms with Crippen LogP contribution in [0.4, 0.5) is 11.4 Å². The average molecular weight is 511 g/mol. The fraction of sp³-hybridized carbons (Fsp3) is 0.375. The first-order valence-electron chi connectivity index (χ1n) is 13.5. The van der Waals surface area contributed by atoms with Crippen molar-refractivity contribution >= 4 is 34.8 Å². The van der Waals surface area contributed by atoms with E-state index in [0.717, 1.165) is 34.6 Å². The van der Waals surface area contributed by atoms with E-state index in [4.69, 9.17) is 0 Å².